The van der Waals surface area contributed by atoms with Gasteiger partial charge in [0.2, 0.25) is 5.52 Å². The number of aromatic hydroxyl groups is 2. The second-order valence-electron chi connectivity index (χ2n) is 13.7. The van der Waals surface area contributed by atoms with Crippen molar-refractivity contribution in [3.63, 3.8) is 0 Å². The minimum Gasteiger partial charge on any atom is -0.508 e. The molecule has 1 aliphatic rings. The van der Waals surface area contributed by atoms with Gasteiger partial charge in [0.25, 0.3) is 5.01 Å². The molecule has 254 valence electrons. The average Bonchev–Trinajstić information content (AvgIpc) is 3.65. The van der Waals surface area contributed by atoms with E-state index in [1.54, 1.807) is 35.2 Å². The molecule has 2 heterocycles. The summed E-state index contributed by atoms with van der Waals surface area (Å²) in [4.78, 5) is 3.37. The van der Waals surface area contributed by atoms with Crippen LogP contribution in [-0.4, -0.2) is 22.9 Å². The van der Waals surface area contributed by atoms with Crippen LogP contribution in [0.15, 0.2) is 149 Å². The van der Waals surface area contributed by atoms with Crippen molar-refractivity contribution in [2.45, 2.75) is 51.4 Å². The van der Waals surface area contributed by atoms with Crippen molar-refractivity contribution < 1.29 is 14.8 Å². The van der Waals surface area contributed by atoms with E-state index in [2.05, 4.69) is 153 Å². The quantitative estimate of drug-likeness (QED) is 0.129. The van der Waals surface area contributed by atoms with Crippen LogP contribution >= 0.6 is 23.1 Å². The van der Waals surface area contributed by atoms with E-state index in [0.29, 0.717) is 11.5 Å². The molecule has 2 N–H and O–H groups in total. The summed E-state index contributed by atoms with van der Waals surface area (Å²) in [7, 11) is 0. The second kappa shape index (κ2) is 15.0. The Morgan fingerprint density at radius 1 is 0.720 bits per heavy atom. The first-order valence-electron chi connectivity index (χ1n) is 17.3. The molecule has 0 bridgehead atoms. The lowest BCUT2D eigenvalue weighted by molar-refractivity contribution is -0.665. The highest BCUT2D eigenvalue weighted by molar-refractivity contribution is 8.03. The van der Waals surface area contributed by atoms with Gasteiger partial charge in [0, 0.05) is 23.6 Å². The summed E-state index contributed by atoms with van der Waals surface area (Å²) in [6.07, 6.45) is 5.26. The highest BCUT2D eigenvalue weighted by Gasteiger charge is 2.39. The van der Waals surface area contributed by atoms with Gasteiger partial charge in [-0.25, -0.2) is 0 Å². The molecular weight excluding hydrogens is 651 g/mol. The summed E-state index contributed by atoms with van der Waals surface area (Å²) in [6.45, 7) is 13.0. The van der Waals surface area contributed by atoms with Crippen LogP contribution < -0.4 is 25.9 Å². The number of hydrogen-bond acceptors (Lipinski definition) is 5. The smallest absolute Gasteiger partial charge is 0.262 e. The summed E-state index contributed by atoms with van der Waals surface area (Å²) in [6, 6.07) is 44.0. The van der Waals surface area contributed by atoms with Gasteiger partial charge in [0.15, 0.2) is 0 Å². The second-order valence-corrected chi connectivity index (χ2v) is 15.8. The fraction of sp³-hybridized carbons (Fsp3) is 0.186. The number of fused-ring (bicyclic) bond motifs is 2. The summed E-state index contributed by atoms with van der Waals surface area (Å²) >= 11 is 3.44. The fourth-order valence-electron chi connectivity index (χ4n) is 7.59. The van der Waals surface area contributed by atoms with Crippen molar-refractivity contribution in [1.82, 2.24) is 0 Å². The van der Waals surface area contributed by atoms with Gasteiger partial charge in [-0.3, -0.25) is 0 Å². The predicted octanol–water partition coefficient (Wildman–Crippen LogP) is 9.06. The number of thioether (sulfide) groups is 1. The van der Waals surface area contributed by atoms with E-state index in [9.17, 15) is 10.2 Å². The van der Waals surface area contributed by atoms with Crippen molar-refractivity contribution in [1.29, 1.82) is 0 Å². The number of hydrogen-bond donors (Lipinski definition) is 2. The number of allylic oxidation sites excluding steroid dienone is 2. The fourth-order valence-corrected chi connectivity index (χ4v) is 9.83. The van der Waals surface area contributed by atoms with Gasteiger partial charge in [0.1, 0.15) is 22.7 Å². The minimum absolute atomic E-state index is 0.0874. The number of nitrogens with zero attached hydrogens (tertiary/aromatic N) is 2. The van der Waals surface area contributed by atoms with Crippen LogP contribution in [-0.2, 0) is 6.54 Å². The van der Waals surface area contributed by atoms with Crippen LogP contribution in [0.5, 0.6) is 11.5 Å². The molecule has 7 heteroatoms. The van der Waals surface area contributed by atoms with Crippen LogP contribution in [0.4, 0.5) is 5.69 Å². The normalized spacial score (nSPS) is 13.9. The number of thiazole rings is 1. The number of aromatic nitrogens is 1. The Balaban J connectivity index is 0.000000175. The van der Waals surface area contributed by atoms with E-state index in [1.807, 2.05) is 24.3 Å². The third-order valence-electron chi connectivity index (χ3n) is 9.74. The van der Waals surface area contributed by atoms with Gasteiger partial charge in [-0.2, -0.15) is 21.0 Å². The topological polar surface area (TPSA) is 47.6 Å². The van der Waals surface area contributed by atoms with Crippen molar-refractivity contribution >= 4 is 67.6 Å². The van der Waals surface area contributed by atoms with E-state index in [0.717, 1.165) is 43.9 Å². The van der Waals surface area contributed by atoms with E-state index in [-0.39, 0.29) is 5.31 Å². The van der Waals surface area contributed by atoms with Crippen LogP contribution in [0.1, 0.15) is 39.6 Å². The van der Waals surface area contributed by atoms with Gasteiger partial charge in [-0.15, -0.1) is 5.31 Å². The molecule has 5 aromatic carbocycles. The summed E-state index contributed by atoms with van der Waals surface area (Å²) in [5.41, 5.74) is 6.32. The van der Waals surface area contributed by atoms with E-state index in [4.69, 9.17) is 0 Å². The number of phenolic OH excluding ortho intramolecular Hbond substituents is 2. The first kappa shape index (κ1) is 35.1. The molecule has 0 spiro atoms. The van der Waals surface area contributed by atoms with Gasteiger partial charge < -0.3 is 15.1 Å². The van der Waals surface area contributed by atoms with E-state index < -0.39 is 6.15 Å². The van der Waals surface area contributed by atoms with Gasteiger partial charge >= 0.3 is 0 Å². The van der Waals surface area contributed by atoms with Gasteiger partial charge in [-0.1, -0.05) is 141 Å². The third-order valence-corrected chi connectivity index (χ3v) is 12.0. The molecule has 0 atom stereocenters. The van der Waals surface area contributed by atoms with Crippen molar-refractivity contribution in [3.05, 3.63) is 150 Å². The Bertz CT molecular complexity index is 2020. The molecule has 0 amide bonds. The zero-order valence-corrected chi connectivity index (χ0v) is 31.1. The molecular formula is C43H45BN2O2S2. The highest BCUT2D eigenvalue weighted by Crippen LogP contribution is 2.47. The molecule has 0 fully saturated rings. The maximum Gasteiger partial charge on any atom is 0.262 e. The number of benzene rings is 5. The first-order valence-corrected chi connectivity index (χ1v) is 18.9. The van der Waals surface area contributed by atoms with Crippen LogP contribution in [0, 0.1) is 0 Å². The van der Waals surface area contributed by atoms with Gasteiger partial charge in [-0.05, 0) is 44.2 Å². The monoisotopic (exact) mass is 696 g/mol. The van der Waals surface area contributed by atoms with Crippen LogP contribution in [0.25, 0.3) is 16.3 Å². The third kappa shape index (κ3) is 6.85. The number of rotatable bonds is 7. The summed E-state index contributed by atoms with van der Waals surface area (Å²) in [5, 5.41) is 21.9. The average molecular weight is 697 g/mol. The van der Waals surface area contributed by atoms with Gasteiger partial charge in [0.05, 0.1) is 22.9 Å². The Hall–Kier alpha value is -4.72. The lowest BCUT2D eigenvalue weighted by Crippen LogP contribution is -2.72. The first-order chi connectivity index (χ1) is 24.2. The zero-order valence-electron chi connectivity index (χ0n) is 29.5. The zero-order chi connectivity index (χ0) is 35.3. The van der Waals surface area contributed by atoms with Crippen LogP contribution in [0.3, 0.4) is 0 Å². The maximum absolute atomic E-state index is 9.78. The van der Waals surface area contributed by atoms with E-state index >= 15 is 0 Å². The standard InChI is InChI=1S/C22H24B.C21H20N2O2S2/c1-22(2,3)23(19-13-7-4-8-14-19,20-15-9-5-10-16-20)21-17-11-6-12-18-21;1-3-22-16-12-14(24)8-10-18(16)26-20(22)6-5-7-21-23(4-2)17-13-15(25)9-11-19(17)27-21/h4-18H,1-3H3;5-13H,3-4H2,1-2H3,(H-,24,25)/q-1;/p+1. The Labute approximate surface area is 305 Å². The summed E-state index contributed by atoms with van der Waals surface area (Å²) in [5.74, 6) is 0.587. The van der Waals surface area contributed by atoms with Crippen molar-refractivity contribution in [2.75, 3.05) is 11.4 Å². The molecule has 1 aliphatic heterocycles. The molecule has 6 aromatic rings. The predicted molar refractivity (Wildman–Crippen MR) is 217 cm³/mol. The lowest BCUT2D eigenvalue weighted by atomic mass is 9.07. The number of phenols is 2. The largest absolute Gasteiger partial charge is 0.508 e. The molecule has 50 heavy (non-hydrogen) atoms. The maximum atomic E-state index is 9.78. The molecule has 4 nitrogen and oxygen atoms in total. The SMILES string of the molecule is CC(C)(C)[B-](c1ccccc1)(c1ccccc1)c1ccccc1.CCN1/C(=C/C=C/c2sc3ccc(O)cc3[n+]2CC)Sc2ccc(O)cc21. The number of aryl methyl sites for hydroxylation is 1. The molecule has 0 aliphatic carbocycles. The lowest BCUT2D eigenvalue weighted by Gasteiger charge is -2.54. The molecule has 1 aromatic heterocycles. The highest BCUT2D eigenvalue weighted by atomic mass is 32.2. The Kier molecular flexibility index (Phi) is 10.6. The molecule has 0 radical (unpaired) electrons. The van der Waals surface area contributed by atoms with E-state index in [1.165, 1.54) is 16.4 Å². The molecule has 7 rings (SSSR count). The number of anilines is 1. The molecule has 0 unspecified atom stereocenters. The van der Waals surface area contributed by atoms with Crippen molar-refractivity contribution in [3.8, 4) is 11.5 Å². The van der Waals surface area contributed by atoms with Crippen molar-refractivity contribution in [2.24, 2.45) is 0 Å². The molecule has 0 saturated carbocycles. The summed E-state index contributed by atoms with van der Waals surface area (Å²) < 4.78 is 3.37. The Morgan fingerprint density at radius 3 is 1.78 bits per heavy atom. The Morgan fingerprint density at radius 2 is 1.26 bits per heavy atom. The minimum atomic E-state index is -1.06. The van der Waals surface area contributed by atoms with Crippen LogP contribution in [0.2, 0.25) is 5.31 Å². The molecule has 0 saturated heterocycles.